The highest BCUT2D eigenvalue weighted by atomic mass is 19.2. The summed E-state index contributed by atoms with van der Waals surface area (Å²) in [5.74, 6) is -2.38. The van der Waals surface area contributed by atoms with E-state index in [1.807, 2.05) is 0 Å². The number of carbonyl (C=O) groups is 2. The first-order valence-corrected chi connectivity index (χ1v) is 7.60. The van der Waals surface area contributed by atoms with Gasteiger partial charge >= 0.3 is 6.09 Å². The van der Waals surface area contributed by atoms with Gasteiger partial charge in [0.1, 0.15) is 6.61 Å². The Labute approximate surface area is 136 Å². The van der Waals surface area contributed by atoms with E-state index in [-0.39, 0.29) is 23.7 Å². The van der Waals surface area contributed by atoms with Gasteiger partial charge in [-0.2, -0.15) is 0 Å². The molecule has 1 unspecified atom stereocenters. The second-order valence-electron chi connectivity index (χ2n) is 6.02. The highest BCUT2D eigenvalue weighted by Crippen LogP contribution is 2.53. The lowest BCUT2D eigenvalue weighted by Gasteiger charge is -2.36. The first-order valence-electron chi connectivity index (χ1n) is 7.60. The zero-order valence-corrected chi connectivity index (χ0v) is 12.7. The first-order chi connectivity index (χ1) is 11.5. The van der Waals surface area contributed by atoms with Gasteiger partial charge in [0.15, 0.2) is 11.6 Å². The third-order valence-electron chi connectivity index (χ3n) is 4.77. The van der Waals surface area contributed by atoms with Crippen molar-refractivity contribution >= 4 is 17.7 Å². The molecule has 0 bridgehead atoms. The van der Waals surface area contributed by atoms with Gasteiger partial charge in [-0.25, -0.2) is 13.6 Å². The summed E-state index contributed by atoms with van der Waals surface area (Å²) in [6.07, 6.45) is -0.524. The van der Waals surface area contributed by atoms with E-state index in [2.05, 4.69) is 0 Å². The van der Waals surface area contributed by atoms with Crippen molar-refractivity contribution in [2.24, 2.45) is 0 Å². The van der Waals surface area contributed by atoms with E-state index in [0.29, 0.717) is 26.2 Å². The predicted molar refractivity (Wildman–Crippen MR) is 77.1 cm³/mol. The monoisotopic (exact) mass is 339 g/mol. The van der Waals surface area contributed by atoms with Gasteiger partial charge < -0.3 is 19.6 Å². The van der Waals surface area contributed by atoms with Crippen LogP contribution in [0, 0.1) is 11.6 Å². The van der Waals surface area contributed by atoms with Crippen LogP contribution in [0.15, 0.2) is 12.1 Å². The number of carbonyl (C=O) groups excluding carboxylic acids is 2. The fourth-order valence-electron chi connectivity index (χ4n) is 3.31. The van der Waals surface area contributed by atoms with Crippen LogP contribution in [0.3, 0.4) is 0 Å². The SMILES string of the molecule is O=C(CO)N1CCN(c2ccc(C34CN3C(=O)O4)c(F)c2F)CC1. The Kier molecular flexibility index (Phi) is 3.17. The minimum atomic E-state index is -1.12. The van der Waals surface area contributed by atoms with E-state index in [9.17, 15) is 18.4 Å². The van der Waals surface area contributed by atoms with Crippen molar-refractivity contribution in [1.82, 2.24) is 9.80 Å². The summed E-state index contributed by atoms with van der Waals surface area (Å²) >= 11 is 0. The van der Waals surface area contributed by atoms with Crippen molar-refractivity contribution in [2.45, 2.75) is 5.72 Å². The van der Waals surface area contributed by atoms with Gasteiger partial charge in [-0.05, 0) is 12.1 Å². The molecule has 0 saturated carbocycles. The highest BCUT2D eigenvalue weighted by molar-refractivity contribution is 5.81. The summed E-state index contributed by atoms with van der Waals surface area (Å²) < 4.78 is 33.9. The number of fused-ring (bicyclic) bond motifs is 1. The van der Waals surface area contributed by atoms with E-state index in [1.165, 1.54) is 21.9 Å². The van der Waals surface area contributed by atoms with E-state index >= 15 is 0 Å². The van der Waals surface area contributed by atoms with Gasteiger partial charge in [-0.1, -0.05) is 0 Å². The van der Waals surface area contributed by atoms with Gasteiger partial charge in [-0.15, -0.1) is 0 Å². The molecule has 1 atom stereocenters. The fourth-order valence-corrected chi connectivity index (χ4v) is 3.31. The van der Waals surface area contributed by atoms with Crippen LogP contribution in [0.25, 0.3) is 0 Å². The number of halogens is 2. The maximum absolute atomic E-state index is 14.5. The molecular weight excluding hydrogens is 324 g/mol. The Balaban J connectivity index is 1.52. The number of ether oxygens (including phenoxy) is 1. The molecule has 1 N–H and O–H groups in total. The predicted octanol–water partition coefficient (Wildman–Crippen LogP) is 0.224. The molecule has 3 aliphatic rings. The summed E-state index contributed by atoms with van der Waals surface area (Å²) in [5, 5.41) is 8.85. The van der Waals surface area contributed by atoms with Crippen LogP contribution in [0.4, 0.5) is 19.3 Å². The first kappa shape index (κ1) is 15.1. The molecule has 1 aromatic rings. The number of aliphatic hydroxyl groups is 1. The van der Waals surface area contributed by atoms with E-state index < -0.39 is 30.1 Å². The summed E-state index contributed by atoms with van der Waals surface area (Å²) in [5.41, 5.74) is -0.980. The fraction of sp³-hybridized carbons (Fsp3) is 0.467. The second-order valence-corrected chi connectivity index (χ2v) is 6.02. The number of benzene rings is 1. The Morgan fingerprint density at radius 3 is 2.46 bits per heavy atom. The number of hydrogen-bond acceptors (Lipinski definition) is 5. The molecule has 3 saturated heterocycles. The molecule has 24 heavy (non-hydrogen) atoms. The van der Waals surface area contributed by atoms with Crippen LogP contribution < -0.4 is 4.90 Å². The lowest BCUT2D eigenvalue weighted by Crippen LogP contribution is -2.49. The van der Waals surface area contributed by atoms with Gasteiger partial charge in [0.2, 0.25) is 11.6 Å². The van der Waals surface area contributed by atoms with Crippen LogP contribution >= 0.6 is 0 Å². The maximum atomic E-state index is 14.5. The average Bonchev–Trinajstić information content (AvgIpc) is 3.22. The van der Waals surface area contributed by atoms with Gasteiger partial charge in [0.25, 0.3) is 0 Å². The van der Waals surface area contributed by atoms with E-state index in [1.54, 1.807) is 4.90 Å². The Bertz CT molecular complexity index is 736. The van der Waals surface area contributed by atoms with Crippen LogP contribution in [-0.4, -0.2) is 66.2 Å². The molecule has 4 rings (SSSR count). The number of piperazine rings is 1. The average molecular weight is 339 g/mol. The van der Waals surface area contributed by atoms with Crippen LogP contribution in [0.1, 0.15) is 5.56 Å². The molecule has 7 nitrogen and oxygen atoms in total. The van der Waals surface area contributed by atoms with Crippen molar-refractivity contribution in [2.75, 3.05) is 44.2 Å². The van der Waals surface area contributed by atoms with Crippen LogP contribution in [0.5, 0.6) is 0 Å². The zero-order chi connectivity index (χ0) is 17.1. The quantitative estimate of drug-likeness (QED) is 0.798. The molecule has 1 aromatic carbocycles. The van der Waals surface area contributed by atoms with Crippen molar-refractivity contribution in [3.8, 4) is 0 Å². The largest absolute Gasteiger partial charge is 0.416 e. The van der Waals surface area contributed by atoms with Gasteiger partial charge in [-0.3, -0.25) is 9.69 Å². The molecule has 9 heteroatoms. The summed E-state index contributed by atoms with van der Waals surface area (Å²) in [4.78, 5) is 27.0. The number of aliphatic hydroxyl groups excluding tert-OH is 1. The smallest absolute Gasteiger partial charge is 0.415 e. The van der Waals surface area contributed by atoms with Crippen molar-refractivity contribution in [3.05, 3.63) is 29.3 Å². The third kappa shape index (κ3) is 1.97. The van der Waals surface area contributed by atoms with Crippen LogP contribution in [-0.2, 0) is 15.3 Å². The molecule has 0 radical (unpaired) electrons. The number of amides is 2. The summed E-state index contributed by atoms with van der Waals surface area (Å²) in [7, 11) is 0. The standard InChI is InChI=1S/C15H15F2N3O4/c16-12-9(15-8-20(15)14(23)24-15)1-2-10(13(12)17)18-3-5-19(6-4-18)11(22)7-21/h1-2,21H,3-8H2. The number of hydrogen-bond donors (Lipinski definition) is 1. The van der Waals surface area contributed by atoms with E-state index in [0.717, 1.165) is 0 Å². The summed E-state index contributed by atoms with van der Waals surface area (Å²) in [6, 6.07) is 2.90. The molecule has 3 heterocycles. The molecular formula is C15H15F2N3O4. The van der Waals surface area contributed by atoms with Crippen molar-refractivity contribution < 1.29 is 28.2 Å². The lowest BCUT2D eigenvalue weighted by atomic mass is 10.1. The Morgan fingerprint density at radius 2 is 1.92 bits per heavy atom. The minimum Gasteiger partial charge on any atom is -0.416 e. The van der Waals surface area contributed by atoms with Crippen molar-refractivity contribution in [3.63, 3.8) is 0 Å². The Hall–Kier alpha value is -2.42. The maximum Gasteiger partial charge on any atom is 0.415 e. The second kappa shape index (κ2) is 5.04. The molecule has 2 amide bonds. The molecule has 0 spiro atoms. The topological polar surface area (TPSA) is 73.1 Å². The van der Waals surface area contributed by atoms with E-state index in [4.69, 9.17) is 9.84 Å². The Morgan fingerprint density at radius 1 is 1.21 bits per heavy atom. The number of rotatable bonds is 3. The van der Waals surface area contributed by atoms with Gasteiger partial charge in [0.05, 0.1) is 17.8 Å². The lowest BCUT2D eigenvalue weighted by molar-refractivity contribution is -0.134. The molecule has 128 valence electrons. The molecule has 3 fully saturated rings. The van der Waals surface area contributed by atoms with Crippen molar-refractivity contribution in [1.29, 1.82) is 0 Å². The highest BCUT2D eigenvalue weighted by Gasteiger charge is 2.71. The number of nitrogens with zero attached hydrogens (tertiary/aromatic N) is 3. The third-order valence-corrected chi connectivity index (χ3v) is 4.77. The molecule has 0 aromatic heterocycles. The van der Waals surface area contributed by atoms with Gasteiger partial charge in [0, 0.05) is 26.2 Å². The number of anilines is 1. The molecule has 3 aliphatic heterocycles. The summed E-state index contributed by atoms with van der Waals surface area (Å²) in [6.45, 7) is 1.02. The molecule has 0 aliphatic carbocycles. The van der Waals surface area contributed by atoms with Crippen LogP contribution in [0.2, 0.25) is 0 Å². The normalized spacial score (nSPS) is 25.1. The zero-order valence-electron chi connectivity index (χ0n) is 12.7. The minimum absolute atomic E-state index is 0.0254.